The number of nitrogens with zero attached hydrogens (tertiary/aromatic N) is 2. The third kappa shape index (κ3) is 3.00. The Kier molecular flexibility index (Phi) is 3.79. The smallest absolute Gasteiger partial charge is 0.307 e. The summed E-state index contributed by atoms with van der Waals surface area (Å²) >= 11 is 1.58. The zero-order valence-corrected chi connectivity index (χ0v) is 11.9. The van der Waals surface area contributed by atoms with E-state index in [1.165, 1.54) is 6.33 Å². The maximum atomic E-state index is 10.9. The lowest BCUT2D eigenvalue weighted by Crippen LogP contribution is -2.08. The van der Waals surface area contributed by atoms with Crippen molar-refractivity contribution in [2.24, 2.45) is 0 Å². The summed E-state index contributed by atoms with van der Waals surface area (Å²) in [6, 6.07) is 9.47. The highest BCUT2D eigenvalue weighted by Crippen LogP contribution is 2.25. The summed E-state index contributed by atoms with van der Waals surface area (Å²) < 4.78 is 1.01. The van der Waals surface area contributed by atoms with Gasteiger partial charge in [0, 0.05) is 6.54 Å². The van der Waals surface area contributed by atoms with Crippen molar-refractivity contribution < 1.29 is 9.90 Å². The summed E-state index contributed by atoms with van der Waals surface area (Å²) in [7, 11) is 0. The first-order valence-corrected chi connectivity index (χ1v) is 7.32. The predicted octanol–water partition coefficient (Wildman–Crippen LogP) is 2.93. The molecule has 0 aliphatic carbocycles. The largest absolute Gasteiger partial charge is 0.481 e. The first-order valence-electron chi connectivity index (χ1n) is 6.44. The molecule has 0 aliphatic heterocycles. The van der Waals surface area contributed by atoms with Crippen molar-refractivity contribution in [1.29, 1.82) is 0 Å². The lowest BCUT2D eigenvalue weighted by atomic mass is 10.0. The molecule has 2 heterocycles. The van der Waals surface area contributed by atoms with Gasteiger partial charge in [-0.2, -0.15) is 0 Å². The van der Waals surface area contributed by atoms with Crippen LogP contribution in [-0.2, 0) is 17.8 Å². The molecule has 0 saturated heterocycles. The summed E-state index contributed by atoms with van der Waals surface area (Å²) in [6.45, 7) is 0.535. The first-order chi connectivity index (χ1) is 10.2. The standard InChI is InChI=1S/C15H13N3O2S/c19-13(20)7-10-3-1-2-4-11(10)8-16-15-14-12(5-6-21-14)17-9-18-15/h1-6,9H,7-8H2,(H,19,20)(H,16,17,18). The highest BCUT2D eigenvalue weighted by atomic mass is 32.1. The molecule has 0 amide bonds. The van der Waals surface area contributed by atoms with Crippen molar-refractivity contribution in [2.75, 3.05) is 5.32 Å². The molecule has 0 fully saturated rings. The van der Waals surface area contributed by atoms with Crippen molar-refractivity contribution >= 4 is 33.3 Å². The van der Waals surface area contributed by atoms with E-state index in [9.17, 15) is 4.79 Å². The number of thiophene rings is 1. The van der Waals surface area contributed by atoms with Gasteiger partial charge in [0.2, 0.25) is 0 Å². The summed E-state index contributed by atoms with van der Waals surface area (Å²) in [5.74, 6) is -0.0507. The molecule has 3 aromatic rings. The van der Waals surface area contributed by atoms with Gasteiger partial charge in [0.15, 0.2) is 0 Å². The number of hydrogen-bond acceptors (Lipinski definition) is 5. The second-order valence-electron chi connectivity index (χ2n) is 4.55. The van der Waals surface area contributed by atoms with Crippen LogP contribution in [0, 0.1) is 0 Å². The van der Waals surface area contributed by atoms with E-state index < -0.39 is 5.97 Å². The third-order valence-corrected chi connectivity index (χ3v) is 4.06. The van der Waals surface area contributed by atoms with Crippen LogP contribution in [0.2, 0.25) is 0 Å². The molecule has 0 bridgehead atoms. The van der Waals surface area contributed by atoms with E-state index in [2.05, 4.69) is 15.3 Å². The number of fused-ring (bicyclic) bond motifs is 1. The van der Waals surface area contributed by atoms with Crippen molar-refractivity contribution in [3.63, 3.8) is 0 Å². The summed E-state index contributed by atoms with van der Waals surface area (Å²) in [5.41, 5.74) is 2.69. The number of carboxylic acids is 1. The average molecular weight is 299 g/mol. The molecular weight excluding hydrogens is 286 g/mol. The van der Waals surface area contributed by atoms with E-state index in [-0.39, 0.29) is 6.42 Å². The van der Waals surface area contributed by atoms with Crippen molar-refractivity contribution in [3.8, 4) is 0 Å². The van der Waals surface area contributed by atoms with Crippen LogP contribution in [0.15, 0.2) is 42.0 Å². The number of aliphatic carboxylic acids is 1. The van der Waals surface area contributed by atoms with Crippen molar-refractivity contribution in [2.45, 2.75) is 13.0 Å². The van der Waals surface area contributed by atoms with Crippen LogP contribution in [-0.4, -0.2) is 21.0 Å². The molecule has 106 valence electrons. The third-order valence-electron chi connectivity index (χ3n) is 3.15. The van der Waals surface area contributed by atoms with Crippen LogP contribution in [0.4, 0.5) is 5.82 Å². The number of hydrogen-bond donors (Lipinski definition) is 2. The number of nitrogens with one attached hydrogen (secondary N) is 1. The van der Waals surface area contributed by atoms with E-state index in [1.807, 2.05) is 35.7 Å². The summed E-state index contributed by atoms with van der Waals surface area (Å²) in [4.78, 5) is 19.3. The van der Waals surface area contributed by atoms with Gasteiger partial charge in [-0.1, -0.05) is 24.3 Å². The maximum Gasteiger partial charge on any atom is 0.307 e. The Morgan fingerprint density at radius 3 is 2.81 bits per heavy atom. The molecule has 2 N–H and O–H groups in total. The fourth-order valence-electron chi connectivity index (χ4n) is 2.16. The van der Waals surface area contributed by atoms with Crippen molar-refractivity contribution in [3.05, 3.63) is 53.2 Å². The molecule has 2 aromatic heterocycles. The molecule has 0 unspecified atom stereocenters. The van der Waals surface area contributed by atoms with Crippen LogP contribution in [0.1, 0.15) is 11.1 Å². The van der Waals surface area contributed by atoms with Crippen LogP contribution in [0.25, 0.3) is 10.2 Å². The first kappa shape index (κ1) is 13.5. The lowest BCUT2D eigenvalue weighted by Gasteiger charge is -2.10. The Morgan fingerprint density at radius 1 is 1.19 bits per heavy atom. The van der Waals surface area contributed by atoms with Gasteiger partial charge in [0.05, 0.1) is 16.6 Å². The predicted molar refractivity (Wildman–Crippen MR) is 82.5 cm³/mol. The summed E-state index contributed by atoms with van der Waals surface area (Å²) in [5, 5.41) is 14.2. The van der Waals surface area contributed by atoms with Gasteiger partial charge in [-0.3, -0.25) is 4.79 Å². The molecule has 21 heavy (non-hydrogen) atoms. The number of anilines is 1. The zero-order chi connectivity index (χ0) is 14.7. The van der Waals surface area contributed by atoms with Crippen LogP contribution in [0.3, 0.4) is 0 Å². The quantitative estimate of drug-likeness (QED) is 0.757. The average Bonchev–Trinajstić information content (AvgIpc) is 2.95. The fraction of sp³-hybridized carbons (Fsp3) is 0.133. The second kappa shape index (κ2) is 5.88. The van der Waals surface area contributed by atoms with E-state index in [4.69, 9.17) is 5.11 Å². The van der Waals surface area contributed by atoms with Gasteiger partial charge in [0.1, 0.15) is 12.1 Å². The van der Waals surface area contributed by atoms with Gasteiger partial charge >= 0.3 is 5.97 Å². The number of carbonyl (C=O) groups is 1. The number of rotatable bonds is 5. The van der Waals surface area contributed by atoms with E-state index in [0.29, 0.717) is 6.54 Å². The molecule has 0 spiro atoms. The van der Waals surface area contributed by atoms with Crippen molar-refractivity contribution in [1.82, 2.24) is 9.97 Å². The Labute approximate surface area is 125 Å². The van der Waals surface area contributed by atoms with Crippen LogP contribution >= 0.6 is 11.3 Å². The van der Waals surface area contributed by atoms with E-state index >= 15 is 0 Å². The molecule has 0 atom stereocenters. The number of carboxylic acid groups (broad SMARTS) is 1. The maximum absolute atomic E-state index is 10.9. The minimum atomic E-state index is -0.829. The molecule has 6 heteroatoms. The molecule has 5 nitrogen and oxygen atoms in total. The van der Waals surface area contributed by atoms with E-state index in [0.717, 1.165) is 27.2 Å². The molecule has 1 aromatic carbocycles. The molecular formula is C15H13N3O2S. The second-order valence-corrected chi connectivity index (χ2v) is 5.47. The molecule has 0 saturated carbocycles. The van der Waals surface area contributed by atoms with Gasteiger partial charge in [-0.25, -0.2) is 9.97 Å². The SMILES string of the molecule is O=C(O)Cc1ccccc1CNc1ncnc2ccsc12. The zero-order valence-electron chi connectivity index (χ0n) is 11.1. The topological polar surface area (TPSA) is 75.1 Å². The Hall–Kier alpha value is -2.47. The van der Waals surface area contributed by atoms with Gasteiger partial charge in [0.25, 0.3) is 0 Å². The van der Waals surface area contributed by atoms with Gasteiger partial charge in [-0.05, 0) is 22.6 Å². The normalized spacial score (nSPS) is 10.7. The minimum Gasteiger partial charge on any atom is -0.481 e. The van der Waals surface area contributed by atoms with Gasteiger partial charge < -0.3 is 10.4 Å². The highest BCUT2D eigenvalue weighted by Gasteiger charge is 2.08. The molecule has 0 radical (unpaired) electrons. The molecule has 0 aliphatic rings. The number of aromatic nitrogens is 2. The lowest BCUT2D eigenvalue weighted by molar-refractivity contribution is -0.136. The van der Waals surface area contributed by atoms with Crippen LogP contribution < -0.4 is 5.32 Å². The summed E-state index contributed by atoms with van der Waals surface area (Å²) in [6.07, 6.45) is 1.55. The van der Waals surface area contributed by atoms with Gasteiger partial charge in [-0.15, -0.1) is 11.3 Å². The minimum absolute atomic E-state index is 0.0238. The molecule has 3 rings (SSSR count). The Bertz CT molecular complexity index is 785. The highest BCUT2D eigenvalue weighted by molar-refractivity contribution is 7.17. The van der Waals surface area contributed by atoms with E-state index in [1.54, 1.807) is 11.3 Å². The van der Waals surface area contributed by atoms with Crippen LogP contribution in [0.5, 0.6) is 0 Å². The fourth-order valence-corrected chi connectivity index (χ4v) is 2.97. The Morgan fingerprint density at radius 2 is 2.00 bits per heavy atom. The Balaban J connectivity index is 1.82. The number of benzene rings is 1. The monoisotopic (exact) mass is 299 g/mol.